The van der Waals surface area contributed by atoms with Crippen LogP contribution in [0, 0.1) is 0 Å². The van der Waals surface area contributed by atoms with Crippen LogP contribution in [-0.2, 0) is 14.8 Å². The molecule has 1 aromatic heterocycles. The van der Waals surface area contributed by atoms with Gasteiger partial charge in [-0.1, -0.05) is 54.2 Å². The van der Waals surface area contributed by atoms with E-state index in [1.54, 1.807) is 12.1 Å². The van der Waals surface area contributed by atoms with Gasteiger partial charge in [-0.05, 0) is 48.2 Å². The molecule has 2 aromatic carbocycles. The zero-order valence-electron chi connectivity index (χ0n) is 16.9. The van der Waals surface area contributed by atoms with Crippen molar-refractivity contribution in [1.29, 1.82) is 0 Å². The van der Waals surface area contributed by atoms with Crippen LogP contribution in [0.3, 0.4) is 0 Å². The van der Waals surface area contributed by atoms with Gasteiger partial charge in [0.05, 0.1) is 10.8 Å². The van der Waals surface area contributed by atoms with Crippen LogP contribution in [0.5, 0.6) is 0 Å². The first-order valence-electron chi connectivity index (χ1n) is 10.1. The molecule has 1 fully saturated rings. The predicted molar refractivity (Wildman–Crippen MR) is 123 cm³/mol. The van der Waals surface area contributed by atoms with E-state index in [4.69, 9.17) is 0 Å². The lowest BCUT2D eigenvalue weighted by atomic mass is 10.1. The molecule has 1 N–H and O–H groups in total. The highest BCUT2D eigenvalue weighted by atomic mass is 32.2. The number of anilines is 1. The second kappa shape index (κ2) is 9.64. The average Bonchev–Trinajstić information content (AvgIpc) is 3.35. The lowest BCUT2D eigenvalue weighted by Gasteiger charge is -2.15. The van der Waals surface area contributed by atoms with Gasteiger partial charge in [-0.3, -0.25) is 4.79 Å². The summed E-state index contributed by atoms with van der Waals surface area (Å²) in [6.45, 7) is 1.12. The van der Waals surface area contributed by atoms with Gasteiger partial charge in [0.2, 0.25) is 15.9 Å². The molecule has 2 heterocycles. The van der Waals surface area contributed by atoms with Crippen molar-refractivity contribution in [3.8, 4) is 11.1 Å². The van der Waals surface area contributed by atoms with Crippen molar-refractivity contribution in [3.63, 3.8) is 0 Å². The fraction of sp³-hybridized carbons (Fsp3) is 0.217. The number of thioether (sulfide) groups is 1. The van der Waals surface area contributed by atoms with E-state index in [1.165, 1.54) is 22.3 Å². The molecule has 1 saturated heterocycles. The summed E-state index contributed by atoms with van der Waals surface area (Å²) in [5, 5.41) is 3.48. The van der Waals surface area contributed by atoms with Crippen molar-refractivity contribution in [2.45, 2.75) is 22.8 Å². The van der Waals surface area contributed by atoms with Crippen LogP contribution < -0.4 is 5.32 Å². The Kier molecular flexibility index (Phi) is 6.70. The Morgan fingerprint density at radius 2 is 1.61 bits per heavy atom. The van der Waals surface area contributed by atoms with Gasteiger partial charge in [0.25, 0.3) is 0 Å². The van der Waals surface area contributed by atoms with E-state index in [1.807, 2.05) is 54.6 Å². The lowest BCUT2D eigenvalue weighted by molar-refractivity contribution is -0.113. The minimum absolute atomic E-state index is 0.145. The number of carbonyl (C=O) groups is 1. The lowest BCUT2D eigenvalue weighted by Crippen LogP contribution is -2.27. The number of hydrogen-bond acceptors (Lipinski definition) is 5. The maximum atomic E-state index is 12.5. The standard InChI is InChI=1S/C23H23N3O3S2/c27-22(25-20-10-8-19(9-11-20)18-6-2-1-3-7-18)17-30-23-13-12-21(16-24-23)31(28,29)26-14-4-5-15-26/h1-3,6-13,16H,4-5,14-15,17H2,(H,25,27). The molecule has 3 aromatic rings. The molecule has 0 bridgehead atoms. The van der Waals surface area contributed by atoms with Crippen molar-refractivity contribution in [2.75, 3.05) is 24.2 Å². The summed E-state index contributed by atoms with van der Waals surface area (Å²) in [5.74, 6) is 0.0408. The number of pyridine rings is 1. The maximum absolute atomic E-state index is 12.5. The molecule has 1 aliphatic rings. The number of rotatable bonds is 7. The largest absolute Gasteiger partial charge is 0.325 e. The van der Waals surface area contributed by atoms with Crippen molar-refractivity contribution in [3.05, 3.63) is 72.9 Å². The first-order valence-corrected chi connectivity index (χ1v) is 12.5. The van der Waals surface area contributed by atoms with E-state index in [2.05, 4.69) is 10.3 Å². The molecule has 31 heavy (non-hydrogen) atoms. The molecule has 4 rings (SSSR count). The maximum Gasteiger partial charge on any atom is 0.244 e. The van der Waals surface area contributed by atoms with Crippen LogP contribution >= 0.6 is 11.8 Å². The van der Waals surface area contributed by atoms with Gasteiger partial charge in [-0.15, -0.1) is 0 Å². The number of nitrogens with zero attached hydrogens (tertiary/aromatic N) is 2. The Hall–Kier alpha value is -2.68. The normalized spacial score (nSPS) is 14.5. The molecule has 6 nitrogen and oxygen atoms in total. The number of hydrogen-bond donors (Lipinski definition) is 1. The molecule has 1 amide bonds. The number of nitrogens with one attached hydrogen (secondary N) is 1. The van der Waals surface area contributed by atoms with Crippen LogP contribution in [0.4, 0.5) is 5.69 Å². The number of amides is 1. The quantitative estimate of drug-likeness (QED) is 0.541. The van der Waals surface area contributed by atoms with E-state index < -0.39 is 10.0 Å². The van der Waals surface area contributed by atoms with Crippen molar-refractivity contribution < 1.29 is 13.2 Å². The first kappa shape index (κ1) is 21.5. The minimum atomic E-state index is -3.47. The molecule has 0 saturated carbocycles. The summed E-state index contributed by atoms with van der Waals surface area (Å²) in [6.07, 6.45) is 3.16. The number of aromatic nitrogens is 1. The summed E-state index contributed by atoms with van der Waals surface area (Å²) >= 11 is 1.27. The van der Waals surface area contributed by atoms with E-state index in [0.29, 0.717) is 18.1 Å². The average molecular weight is 454 g/mol. The van der Waals surface area contributed by atoms with E-state index >= 15 is 0 Å². The molecule has 1 aliphatic heterocycles. The Balaban J connectivity index is 1.30. The highest BCUT2D eigenvalue weighted by Gasteiger charge is 2.27. The first-order chi connectivity index (χ1) is 15.0. The third-order valence-corrected chi connectivity index (χ3v) is 7.86. The Morgan fingerprint density at radius 1 is 0.935 bits per heavy atom. The zero-order chi connectivity index (χ0) is 21.7. The summed E-state index contributed by atoms with van der Waals surface area (Å²) in [4.78, 5) is 16.7. The molecular weight excluding hydrogens is 430 g/mol. The molecule has 0 atom stereocenters. The van der Waals surface area contributed by atoms with Gasteiger partial charge in [0.1, 0.15) is 4.90 Å². The van der Waals surface area contributed by atoms with E-state index in [-0.39, 0.29) is 16.6 Å². The summed E-state index contributed by atoms with van der Waals surface area (Å²) in [5.41, 5.74) is 2.93. The Labute approximate surface area is 186 Å². The summed E-state index contributed by atoms with van der Waals surface area (Å²) in [6, 6.07) is 20.9. The van der Waals surface area contributed by atoms with Crippen molar-refractivity contribution in [1.82, 2.24) is 9.29 Å². The zero-order valence-corrected chi connectivity index (χ0v) is 18.5. The molecule has 8 heteroatoms. The van der Waals surface area contributed by atoms with Gasteiger partial charge in [0, 0.05) is 25.0 Å². The second-order valence-electron chi connectivity index (χ2n) is 7.22. The fourth-order valence-electron chi connectivity index (χ4n) is 3.40. The molecule has 0 unspecified atom stereocenters. The third-order valence-electron chi connectivity index (χ3n) is 5.04. The van der Waals surface area contributed by atoms with Gasteiger partial charge in [-0.25, -0.2) is 13.4 Å². The monoisotopic (exact) mass is 453 g/mol. The van der Waals surface area contributed by atoms with Gasteiger partial charge < -0.3 is 5.32 Å². The minimum Gasteiger partial charge on any atom is -0.325 e. The van der Waals surface area contributed by atoms with E-state index in [9.17, 15) is 13.2 Å². The van der Waals surface area contributed by atoms with Crippen LogP contribution in [0.15, 0.2) is 82.8 Å². The fourth-order valence-corrected chi connectivity index (χ4v) is 5.50. The van der Waals surface area contributed by atoms with Crippen molar-refractivity contribution in [2.24, 2.45) is 0 Å². The smallest absolute Gasteiger partial charge is 0.244 e. The number of benzene rings is 2. The summed E-state index contributed by atoms with van der Waals surface area (Å²) < 4.78 is 26.6. The van der Waals surface area contributed by atoms with Gasteiger partial charge in [0.15, 0.2) is 0 Å². The van der Waals surface area contributed by atoms with Crippen molar-refractivity contribution >= 4 is 33.4 Å². The van der Waals surface area contributed by atoms with Crippen LogP contribution in [0.1, 0.15) is 12.8 Å². The Bertz CT molecular complexity index is 1130. The summed E-state index contributed by atoms with van der Waals surface area (Å²) in [7, 11) is -3.47. The number of sulfonamides is 1. The molecule has 0 radical (unpaired) electrons. The van der Waals surface area contributed by atoms with Crippen LogP contribution in [0.2, 0.25) is 0 Å². The second-order valence-corrected chi connectivity index (χ2v) is 10.2. The molecule has 160 valence electrons. The topological polar surface area (TPSA) is 79.4 Å². The van der Waals surface area contributed by atoms with Gasteiger partial charge >= 0.3 is 0 Å². The predicted octanol–water partition coefficient (Wildman–Crippen LogP) is 4.26. The molecular formula is C23H23N3O3S2. The number of carbonyl (C=O) groups excluding carboxylic acids is 1. The van der Waals surface area contributed by atoms with Gasteiger partial charge in [-0.2, -0.15) is 4.31 Å². The molecule has 0 aliphatic carbocycles. The highest BCUT2D eigenvalue weighted by Crippen LogP contribution is 2.24. The molecule has 0 spiro atoms. The van der Waals surface area contributed by atoms with E-state index in [0.717, 1.165) is 29.7 Å². The highest BCUT2D eigenvalue weighted by molar-refractivity contribution is 7.99. The third kappa shape index (κ3) is 5.33. The van der Waals surface area contributed by atoms with Crippen LogP contribution in [-0.4, -0.2) is 42.5 Å². The Morgan fingerprint density at radius 3 is 2.26 bits per heavy atom. The SMILES string of the molecule is O=C(CSc1ccc(S(=O)(=O)N2CCCC2)cn1)Nc1ccc(-c2ccccc2)cc1. The van der Waals surface area contributed by atoms with Crippen LogP contribution in [0.25, 0.3) is 11.1 Å².